The minimum atomic E-state index is -2.13. The number of nitrogens with one attached hydrogen (secondary N) is 3. The van der Waals surface area contributed by atoms with Crippen molar-refractivity contribution in [1.29, 1.82) is 4.78 Å². The number of hydrogen-bond donors (Lipinski definition) is 5. The van der Waals surface area contributed by atoms with Gasteiger partial charge in [-0.1, -0.05) is 24.0 Å². The van der Waals surface area contributed by atoms with E-state index in [-0.39, 0.29) is 12.6 Å². The van der Waals surface area contributed by atoms with Crippen LogP contribution in [0, 0.1) is 16.6 Å². The Labute approximate surface area is 182 Å². The average Bonchev–Trinajstić information content (AvgIpc) is 2.79. The Morgan fingerprint density at radius 3 is 2.55 bits per heavy atom. The van der Waals surface area contributed by atoms with Crippen molar-refractivity contribution in [1.82, 2.24) is 9.97 Å². The molecule has 3 aromatic rings. The van der Waals surface area contributed by atoms with Crippen LogP contribution < -0.4 is 15.4 Å². The molecule has 0 saturated heterocycles. The summed E-state index contributed by atoms with van der Waals surface area (Å²) in [7, 11) is -0.541. The zero-order valence-corrected chi connectivity index (χ0v) is 18.0. The molecule has 0 bridgehead atoms. The molecular formula is C22H23N5O3S. The predicted molar refractivity (Wildman–Crippen MR) is 121 cm³/mol. The van der Waals surface area contributed by atoms with Gasteiger partial charge in [-0.05, 0) is 43.3 Å². The van der Waals surface area contributed by atoms with Crippen LogP contribution in [0.3, 0.4) is 0 Å². The molecule has 0 fully saturated rings. The van der Waals surface area contributed by atoms with Gasteiger partial charge in [0.1, 0.15) is 11.6 Å². The highest BCUT2D eigenvalue weighted by Gasteiger charge is 2.10. The molecule has 160 valence electrons. The Hall–Kier alpha value is -3.61. The van der Waals surface area contributed by atoms with Crippen LogP contribution in [0.4, 0.5) is 17.5 Å². The fraction of sp³-hybridized carbons (Fsp3) is 0.182. The molecule has 8 nitrogen and oxygen atoms in total. The maximum absolute atomic E-state index is 11.3. The highest BCUT2D eigenvalue weighted by atomic mass is 32.2. The number of aromatic nitrogens is 2. The molecule has 1 aromatic heterocycles. The Morgan fingerprint density at radius 2 is 1.87 bits per heavy atom. The largest absolute Gasteiger partial charge is 0.495 e. The number of rotatable bonds is 7. The molecule has 0 radical (unpaired) electrons. The monoisotopic (exact) mass is 437 g/mol. The first-order valence-corrected chi connectivity index (χ1v) is 10.7. The van der Waals surface area contributed by atoms with E-state index in [1.54, 1.807) is 37.6 Å². The maximum Gasteiger partial charge on any atom is 0.229 e. The smallest absolute Gasteiger partial charge is 0.229 e. The molecule has 1 unspecified atom stereocenters. The molecule has 2 aromatic carbocycles. The van der Waals surface area contributed by atoms with Gasteiger partial charge < -0.3 is 20.5 Å². The highest BCUT2D eigenvalue weighted by Crippen LogP contribution is 2.20. The van der Waals surface area contributed by atoms with E-state index in [0.717, 1.165) is 5.56 Å². The third-order valence-corrected chi connectivity index (χ3v) is 5.01. The van der Waals surface area contributed by atoms with Crippen molar-refractivity contribution in [2.45, 2.75) is 17.9 Å². The quantitative estimate of drug-likeness (QED) is 0.285. The zero-order valence-electron chi connectivity index (χ0n) is 17.1. The number of hydrogen-bond acceptors (Lipinski definition) is 8. The second kappa shape index (κ2) is 10.4. The molecule has 2 atom stereocenters. The highest BCUT2D eigenvalue weighted by molar-refractivity contribution is 7.73. The van der Waals surface area contributed by atoms with E-state index in [2.05, 4.69) is 32.4 Å². The van der Waals surface area contributed by atoms with Gasteiger partial charge in [0.05, 0.1) is 41.6 Å². The van der Waals surface area contributed by atoms with Gasteiger partial charge in [0.25, 0.3) is 0 Å². The topological polar surface area (TPSA) is 120 Å². The molecule has 9 heteroatoms. The van der Waals surface area contributed by atoms with E-state index in [1.807, 2.05) is 31.2 Å². The first-order chi connectivity index (χ1) is 15.0. The summed E-state index contributed by atoms with van der Waals surface area (Å²) in [5, 5.41) is 15.6. The molecule has 4 N–H and O–H groups in total. The van der Waals surface area contributed by atoms with Gasteiger partial charge in [-0.15, -0.1) is 0 Å². The third kappa shape index (κ3) is 5.94. The summed E-state index contributed by atoms with van der Waals surface area (Å²) in [5.74, 6) is 7.62. The number of anilines is 3. The van der Waals surface area contributed by atoms with Gasteiger partial charge in [-0.3, -0.25) is 4.78 Å². The molecule has 31 heavy (non-hydrogen) atoms. The molecular weight excluding hydrogens is 414 g/mol. The average molecular weight is 438 g/mol. The van der Waals surface area contributed by atoms with Gasteiger partial charge in [0, 0.05) is 16.6 Å². The number of nitrogens with zero attached hydrogens (tertiary/aromatic N) is 2. The van der Waals surface area contributed by atoms with Crippen LogP contribution >= 0.6 is 0 Å². The lowest BCUT2D eigenvalue weighted by molar-refractivity contribution is 0.281. The summed E-state index contributed by atoms with van der Waals surface area (Å²) >= 11 is 0. The van der Waals surface area contributed by atoms with E-state index >= 15 is 0 Å². The number of thiol groups is 1. The second-order valence-electron chi connectivity index (χ2n) is 6.60. The predicted octanol–water partition coefficient (Wildman–Crippen LogP) is 3.02. The van der Waals surface area contributed by atoms with Gasteiger partial charge in [0.2, 0.25) is 5.95 Å². The van der Waals surface area contributed by atoms with Crippen molar-refractivity contribution in [3.8, 4) is 17.6 Å². The molecule has 0 aliphatic heterocycles. The standard InChI is InChI=1S/C22H23N5O3S/c1-15(14-28)25-21-17(8-7-16-5-3-4-6-20(16)30-2)13-24-22(27-21)26-18-9-11-19(12-10-18)31(23)29/h3-6,9-13,15,23,28,31H,14H2,1-2H3,(H2,24,25,26,27)/t15-/m1/s1. The van der Waals surface area contributed by atoms with Crippen molar-refractivity contribution >= 4 is 28.0 Å². The van der Waals surface area contributed by atoms with Crippen molar-refractivity contribution < 1.29 is 14.1 Å². The molecule has 0 amide bonds. The first kappa shape index (κ1) is 22.1. The number of methoxy groups -OCH3 is 1. The van der Waals surface area contributed by atoms with Crippen LogP contribution in [0.2, 0.25) is 0 Å². The molecule has 0 aliphatic rings. The second-order valence-corrected chi connectivity index (χ2v) is 7.71. The van der Waals surface area contributed by atoms with Crippen molar-refractivity contribution in [2.24, 2.45) is 0 Å². The van der Waals surface area contributed by atoms with Crippen LogP contribution in [0.1, 0.15) is 18.1 Å². The van der Waals surface area contributed by atoms with Crippen LogP contribution in [-0.2, 0) is 10.6 Å². The zero-order chi connectivity index (χ0) is 22.2. The number of para-hydroxylation sites is 1. The van der Waals surface area contributed by atoms with E-state index in [1.165, 1.54) is 0 Å². The fourth-order valence-corrected chi connectivity index (χ4v) is 3.03. The summed E-state index contributed by atoms with van der Waals surface area (Å²) in [5.41, 5.74) is 1.99. The van der Waals surface area contributed by atoms with E-state index in [4.69, 9.17) is 9.52 Å². The van der Waals surface area contributed by atoms with Crippen LogP contribution in [0.5, 0.6) is 5.75 Å². The molecule has 0 aliphatic carbocycles. The Kier molecular flexibility index (Phi) is 7.43. The van der Waals surface area contributed by atoms with Crippen LogP contribution in [0.25, 0.3) is 0 Å². The molecule has 1 heterocycles. The number of aliphatic hydroxyl groups is 1. The van der Waals surface area contributed by atoms with Crippen molar-refractivity contribution in [3.63, 3.8) is 0 Å². The number of ether oxygens (including phenoxy) is 1. The summed E-state index contributed by atoms with van der Waals surface area (Å²) < 4.78 is 23.9. The Morgan fingerprint density at radius 1 is 1.16 bits per heavy atom. The fourth-order valence-electron chi connectivity index (χ4n) is 2.61. The van der Waals surface area contributed by atoms with Gasteiger partial charge >= 0.3 is 0 Å². The summed E-state index contributed by atoms with van der Waals surface area (Å²) in [6.45, 7) is 1.76. The van der Waals surface area contributed by atoms with E-state index < -0.39 is 10.6 Å². The van der Waals surface area contributed by atoms with Crippen molar-refractivity contribution in [2.75, 3.05) is 24.4 Å². The van der Waals surface area contributed by atoms with Crippen LogP contribution in [0.15, 0.2) is 59.6 Å². The minimum Gasteiger partial charge on any atom is -0.495 e. The maximum atomic E-state index is 11.3. The van der Waals surface area contributed by atoms with E-state index in [9.17, 15) is 9.32 Å². The number of benzene rings is 2. The summed E-state index contributed by atoms with van der Waals surface area (Å²) in [6, 6.07) is 13.9. The van der Waals surface area contributed by atoms with Gasteiger partial charge in [0.15, 0.2) is 0 Å². The molecule has 0 spiro atoms. The first-order valence-electron chi connectivity index (χ1n) is 9.45. The lowest BCUT2D eigenvalue weighted by Crippen LogP contribution is -2.21. The van der Waals surface area contributed by atoms with Crippen LogP contribution in [-0.4, -0.2) is 39.0 Å². The Balaban J connectivity index is 1.91. The summed E-state index contributed by atoms with van der Waals surface area (Å²) in [6.07, 6.45) is 1.60. The Bertz CT molecular complexity index is 1180. The lowest BCUT2D eigenvalue weighted by Gasteiger charge is -2.14. The van der Waals surface area contributed by atoms with E-state index in [0.29, 0.717) is 33.7 Å². The van der Waals surface area contributed by atoms with Gasteiger partial charge in [-0.25, -0.2) is 9.19 Å². The summed E-state index contributed by atoms with van der Waals surface area (Å²) in [4.78, 5) is 9.27. The normalized spacial score (nSPS) is 12.2. The third-order valence-electron chi connectivity index (χ3n) is 4.24. The number of aliphatic hydroxyl groups excluding tert-OH is 1. The molecule has 0 saturated carbocycles. The lowest BCUT2D eigenvalue weighted by atomic mass is 10.2. The van der Waals surface area contributed by atoms with Gasteiger partial charge in [-0.2, -0.15) is 4.98 Å². The SMILES string of the molecule is COc1ccccc1C#Cc1cnc(Nc2ccc([SH](=N)=O)cc2)nc1N[C@H](C)CO. The minimum absolute atomic E-state index is 0.0705. The van der Waals surface area contributed by atoms with Crippen molar-refractivity contribution in [3.05, 3.63) is 65.9 Å². The molecule has 3 rings (SSSR count).